The van der Waals surface area contributed by atoms with Gasteiger partial charge in [0.25, 0.3) is 0 Å². The van der Waals surface area contributed by atoms with E-state index in [1.165, 1.54) is 29.2 Å². The molecular weight excluding hydrogens is 237 g/mol. The molecule has 0 spiro atoms. The van der Waals surface area contributed by atoms with E-state index in [9.17, 15) is 9.18 Å². The highest BCUT2D eigenvalue weighted by Crippen LogP contribution is 2.12. The van der Waals surface area contributed by atoms with E-state index < -0.39 is 11.8 Å². The van der Waals surface area contributed by atoms with E-state index in [0.29, 0.717) is 5.56 Å². The number of carbonyl (C=O) groups is 1. The van der Waals surface area contributed by atoms with Crippen LogP contribution in [0.15, 0.2) is 30.7 Å². The first kappa shape index (κ1) is 11.8. The first-order chi connectivity index (χ1) is 8.61. The highest BCUT2D eigenvalue weighted by molar-refractivity contribution is 5.85. The van der Waals surface area contributed by atoms with E-state index >= 15 is 0 Å². The molecule has 2 aromatic rings. The Bertz CT molecular complexity index is 643. The summed E-state index contributed by atoms with van der Waals surface area (Å²) in [7, 11) is 0. The van der Waals surface area contributed by atoms with E-state index in [2.05, 4.69) is 4.98 Å². The highest BCUT2D eigenvalue weighted by atomic mass is 19.1. The van der Waals surface area contributed by atoms with E-state index in [1.807, 2.05) is 0 Å². The van der Waals surface area contributed by atoms with Crippen LogP contribution in [0.4, 0.5) is 4.39 Å². The molecule has 0 aliphatic carbocycles. The molecule has 1 aromatic heterocycles. The van der Waals surface area contributed by atoms with Gasteiger partial charge in [0.2, 0.25) is 0 Å². The molecule has 0 saturated carbocycles. The number of carboxylic acids is 1. The average Bonchev–Trinajstić information content (AvgIpc) is 2.77. The first-order valence-electron chi connectivity index (χ1n) is 5.04. The summed E-state index contributed by atoms with van der Waals surface area (Å²) in [5.41, 5.74) is 0.551. The molecule has 0 unspecified atom stereocenters. The average molecular weight is 245 g/mol. The Morgan fingerprint density at radius 2 is 2.33 bits per heavy atom. The third-order valence-corrected chi connectivity index (χ3v) is 2.44. The minimum atomic E-state index is -1.10. The maximum Gasteiger partial charge on any atom is 0.354 e. The minimum absolute atomic E-state index is 0.0276. The second kappa shape index (κ2) is 4.67. The number of aromatic carboxylic acids is 1. The molecule has 0 fully saturated rings. The summed E-state index contributed by atoms with van der Waals surface area (Å²) in [5, 5.41) is 17.5. The lowest BCUT2D eigenvalue weighted by Gasteiger charge is -2.05. The summed E-state index contributed by atoms with van der Waals surface area (Å²) in [6.45, 7) is 0.185. The zero-order valence-corrected chi connectivity index (χ0v) is 9.17. The van der Waals surface area contributed by atoms with Crippen LogP contribution in [0.5, 0.6) is 0 Å². The minimum Gasteiger partial charge on any atom is -0.477 e. The SMILES string of the molecule is N#Cc1ccc(Cn2cncc2C(=O)O)cc1F. The summed E-state index contributed by atoms with van der Waals surface area (Å²) in [4.78, 5) is 14.6. The van der Waals surface area contributed by atoms with Crippen LogP contribution in [0.25, 0.3) is 0 Å². The number of hydrogen-bond acceptors (Lipinski definition) is 3. The number of halogens is 1. The summed E-state index contributed by atoms with van der Waals surface area (Å²) in [5.74, 6) is -1.71. The van der Waals surface area contributed by atoms with Gasteiger partial charge in [-0.05, 0) is 17.7 Å². The fourth-order valence-corrected chi connectivity index (χ4v) is 1.57. The van der Waals surface area contributed by atoms with Gasteiger partial charge in [-0.1, -0.05) is 6.07 Å². The fraction of sp³-hybridized carbons (Fsp3) is 0.0833. The lowest BCUT2D eigenvalue weighted by molar-refractivity contribution is 0.0685. The standard InChI is InChI=1S/C12H8FN3O2/c13-10-3-8(1-2-9(10)4-14)6-16-7-15-5-11(16)12(17)18/h1-3,5,7H,6H2,(H,17,18). The largest absolute Gasteiger partial charge is 0.477 e. The van der Waals surface area contributed by atoms with Gasteiger partial charge in [-0.2, -0.15) is 5.26 Å². The van der Waals surface area contributed by atoms with Crippen LogP contribution in [-0.4, -0.2) is 20.6 Å². The lowest BCUT2D eigenvalue weighted by atomic mass is 10.1. The number of hydrogen-bond donors (Lipinski definition) is 1. The van der Waals surface area contributed by atoms with Gasteiger partial charge in [0, 0.05) is 6.54 Å². The van der Waals surface area contributed by atoms with Gasteiger partial charge in [-0.3, -0.25) is 0 Å². The van der Waals surface area contributed by atoms with Gasteiger partial charge in [-0.25, -0.2) is 14.2 Å². The molecule has 0 atom stereocenters. The quantitative estimate of drug-likeness (QED) is 0.891. The van der Waals surface area contributed by atoms with Gasteiger partial charge < -0.3 is 9.67 Å². The number of nitrogens with zero attached hydrogens (tertiary/aromatic N) is 3. The Kier molecular flexibility index (Phi) is 3.06. The molecule has 1 N–H and O–H groups in total. The van der Waals surface area contributed by atoms with Crippen molar-refractivity contribution in [2.45, 2.75) is 6.54 Å². The normalized spacial score (nSPS) is 10.0. The van der Waals surface area contributed by atoms with Gasteiger partial charge in [0.05, 0.1) is 18.1 Å². The molecule has 1 aromatic carbocycles. The molecule has 0 amide bonds. The zero-order valence-electron chi connectivity index (χ0n) is 9.17. The lowest BCUT2D eigenvalue weighted by Crippen LogP contribution is -2.08. The summed E-state index contributed by atoms with van der Waals surface area (Å²) in [6.07, 6.45) is 2.59. The molecule has 0 saturated heterocycles. The van der Waals surface area contributed by atoms with Crippen LogP contribution < -0.4 is 0 Å². The summed E-state index contributed by atoms with van der Waals surface area (Å²) < 4.78 is 14.8. The molecule has 0 radical (unpaired) electrons. The van der Waals surface area contributed by atoms with E-state index in [0.717, 1.165) is 0 Å². The maximum atomic E-state index is 13.4. The van der Waals surface area contributed by atoms with Crippen LogP contribution in [-0.2, 0) is 6.54 Å². The Balaban J connectivity index is 2.29. The van der Waals surface area contributed by atoms with E-state index in [1.54, 1.807) is 12.1 Å². The first-order valence-corrected chi connectivity index (χ1v) is 5.04. The third-order valence-electron chi connectivity index (χ3n) is 2.44. The number of benzene rings is 1. The van der Waals surface area contributed by atoms with E-state index in [-0.39, 0.29) is 17.8 Å². The number of imidazole rings is 1. The molecule has 5 nitrogen and oxygen atoms in total. The third kappa shape index (κ3) is 2.20. The summed E-state index contributed by atoms with van der Waals surface area (Å²) in [6, 6.07) is 5.87. The van der Waals surface area contributed by atoms with Crippen molar-refractivity contribution in [2.75, 3.05) is 0 Å². The molecule has 90 valence electrons. The van der Waals surface area contributed by atoms with Crippen LogP contribution >= 0.6 is 0 Å². The Hall–Kier alpha value is -2.68. The number of aromatic nitrogens is 2. The highest BCUT2D eigenvalue weighted by Gasteiger charge is 2.10. The molecule has 2 rings (SSSR count). The van der Waals surface area contributed by atoms with Crippen molar-refractivity contribution in [1.29, 1.82) is 5.26 Å². The van der Waals surface area contributed by atoms with Crippen molar-refractivity contribution >= 4 is 5.97 Å². The molecule has 0 aliphatic heterocycles. The molecule has 6 heteroatoms. The maximum absolute atomic E-state index is 13.4. The molecular formula is C12H8FN3O2. The van der Waals surface area contributed by atoms with Crippen molar-refractivity contribution in [3.8, 4) is 6.07 Å². The topological polar surface area (TPSA) is 78.9 Å². The smallest absolute Gasteiger partial charge is 0.354 e. The predicted molar refractivity (Wildman–Crippen MR) is 59.4 cm³/mol. The van der Waals surface area contributed by atoms with Crippen LogP contribution in [0.2, 0.25) is 0 Å². The van der Waals surface area contributed by atoms with Gasteiger partial charge in [0.15, 0.2) is 0 Å². The number of carboxylic acid groups (broad SMARTS) is 1. The van der Waals surface area contributed by atoms with Crippen molar-refractivity contribution in [3.63, 3.8) is 0 Å². The van der Waals surface area contributed by atoms with Crippen LogP contribution in [0.1, 0.15) is 21.6 Å². The second-order valence-corrected chi connectivity index (χ2v) is 3.64. The molecule has 18 heavy (non-hydrogen) atoms. The van der Waals surface area contributed by atoms with Crippen molar-refractivity contribution < 1.29 is 14.3 Å². The summed E-state index contributed by atoms with van der Waals surface area (Å²) >= 11 is 0. The zero-order chi connectivity index (χ0) is 13.1. The van der Waals surface area contributed by atoms with Gasteiger partial charge in [-0.15, -0.1) is 0 Å². The van der Waals surface area contributed by atoms with E-state index in [4.69, 9.17) is 10.4 Å². The molecule has 0 aliphatic rings. The Morgan fingerprint density at radius 1 is 1.56 bits per heavy atom. The predicted octanol–water partition coefficient (Wildman–Crippen LogP) is 1.64. The van der Waals surface area contributed by atoms with Gasteiger partial charge >= 0.3 is 5.97 Å². The molecule has 0 bridgehead atoms. The fourth-order valence-electron chi connectivity index (χ4n) is 1.57. The Morgan fingerprint density at radius 3 is 2.94 bits per heavy atom. The molecule has 1 heterocycles. The monoisotopic (exact) mass is 245 g/mol. The Labute approximate surface area is 102 Å². The number of nitriles is 1. The van der Waals surface area contributed by atoms with Crippen LogP contribution in [0, 0.1) is 17.1 Å². The number of rotatable bonds is 3. The van der Waals surface area contributed by atoms with Crippen molar-refractivity contribution in [2.24, 2.45) is 0 Å². The second-order valence-electron chi connectivity index (χ2n) is 3.64. The van der Waals surface area contributed by atoms with Crippen molar-refractivity contribution in [1.82, 2.24) is 9.55 Å². The van der Waals surface area contributed by atoms with Gasteiger partial charge in [0.1, 0.15) is 17.6 Å². The van der Waals surface area contributed by atoms with Crippen molar-refractivity contribution in [3.05, 3.63) is 53.4 Å². The van der Waals surface area contributed by atoms with Crippen LogP contribution in [0.3, 0.4) is 0 Å².